The van der Waals surface area contributed by atoms with Gasteiger partial charge in [-0.15, -0.1) is 0 Å². The van der Waals surface area contributed by atoms with Gasteiger partial charge < -0.3 is 19.3 Å². The van der Waals surface area contributed by atoms with Gasteiger partial charge >= 0.3 is 5.97 Å². The zero-order chi connectivity index (χ0) is 26.3. The fraction of sp³-hybridized carbons (Fsp3) is 0.226. The van der Waals surface area contributed by atoms with Crippen LogP contribution in [0.3, 0.4) is 0 Å². The predicted octanol–water partition coefficient (Wildman–Crippen LogP) is 7.59. The van der Waals surface area contributed by atoms with Crippen LogP contribution < -0.4 is 9.47 Å². The van der Waals surface area contributed by atoms with Gasteiger partial charge in [-0.05, 0) is 78.8 Å². The summed E-state index contributed by atoms with van der Waals surface area (Å²) in [6, 6.07) is 20.8. The number of aromatic carboxylic acids is 1. The van der Waals surface area contributed by atoms with Gasteiger partial charge in [0.05, 0.1) is 35.6 Å². The van der Waals surface area contributed by atoms with Crippen LogP contribution in [0.15, 0.2) is 90.5 Å². The van der Waals surface area contributed by atoms with Crippen molar-refractivity contribution >= 4 is 27.5 Å². The van der Waals surface area contributed by atoms with Gasteiger partial charge in [-0.3, -0.25) is 0 Å². The number of ether oxygens (including phenoxy) is 3. The molecule has 194 valence electrons. The molecule has 0 saturated heterocycles. The van der Waals surface area contributed by atoms with E-state index in [9.17, 15) is 9.90 Å². The second-order valence-electron chi connectivity index (χ2n) is 9.09. The number of hydrogen-bond donors (Lipinski definition) is 1. The van der Waals surface area contributed by atoms with Crippen LogP contribution in [0.2, 0.25) is 0 Å². The molecule has 7 heteroatoms. The molecule has 1 aliphatic carbocycles. The van der Waals surface area contributed by atoms with E-state index in [1.165, 1.54) is 16.9 Å². The van der Waals surface area contributed by atoms with Crippen LogP contribution in [0.5, 0.6) is 16.7 Å². The molecule has 0 radical (unpaired) electrons. The summed E-state index contributed by atoms with van der Waals surface area (Å²) in [6.07, 6.45) is 9.83. The van der Waals surface area contributed by atoms with E-state index in [4.69, 9.17) is 14.2 Å². The molecule has 0 spiro atoms. The molecule has 0 aliphatic heterocycles. The third kappa shape index (κ3) is 6.30. The number of benzene rings is 3. The number of para-hydroxylation sites is 1. The lowest BCUT2D eigenvalue weighted by Gasteiger charge is -2.23. The summed E-state index contributed by atoms with van der Waals surface area (Å²) >= 11 is 1.50. The molecule has 4 aromatic rings. The van der Waals surface area contributed by atoms with E-state index in [-0.39, 0.29) is 11.7 Å². The topological polar surface area (TPSA) is 77.9 Å². The summed E-state index contributed by atoms with van der Waals surface area (Å²) in [4.78, 5) is 15.9. The molecule has 1 unspecified atom stereocenters. The first-order valence-corrected chi connectivity index (χ1v) is 13.4. The zero-order valence-corrected chi connectivity index (χ0v) is 21.9. The van der Waals surface area contributed by atoms with Gasteiger partial charge in [-0.2, -0.15) is 0 Å². The molecular formula is C31H29NO5S. The number of carboxylic acid groups (broad SMARTS) is 1. The Morgan fingerprint density at radius 1 is 1.05 bits per heavy atom. The largest absolute Gasteiger partial charge is 0.493 e. The van der Waals surface area contributed by atoms with Crippen molar-refractivity contribution in [3.63, 3.8) is 0 Å². The molecule has 3 aromatic carbocycles. The zero-order valence-electron chi connectivity index (χ0n) is 21.1. The number of methoxy groups -OCH3 is 1. The number of hydrogen-bond acceptors (Lipinski definition) is 6. The average Bonchev–Trinajstić information content (AvgIpc) is 3.36. The van der Waals surface area contributed by atoms with Gasteiger partial charge in [-0.1, -0.05) is 59.9 Å². The Bertz CT molecular complexity index is 1460. The van der Waals surface area contributed by atoms with Crippen LogP contribution in [0.25, 0.3) is 10.2 Å². The maximum atomic E-state index is 11.3. The van der Waals surface area contributed by atoms with Gasteiger partial charge in [0.1, 0.15) is 0 Å². The third-order valence-electron chi connectivity index (χ3n) is 6.48. The summed E-state index contributed by atoms with van der Waals surface area (Å²) in [5.74, 6) is 0.346. The number of thiazole rings is 1. The van der Waals surface area contributed by atoms with Crippen LogP contribution in [0, 0.1) is 0 Å². The van der Waals surface area contributed by atoms with Crippen molar-refractivity contribution in [2.45, 2.75) is 38.4 Å². The van der Waals surface area contributed by atoms with Crippen molar-refractivity contribution in [3.05, 3.63) is 107 Å². The molecular weight excluding hydrogens is 498 g/mol. The Labute approximate surface area is 225 Å². The van der Waals surface area contributed by atoms with Crippen molar-refractivity contribution in [3.8, 4) is 16.7 Å². The van der Waals surface area contributed by atoms with E-state index in [2.05, 4.69) is 23.2 Å². The molecule has 1 atom stereocenters. The normalized spacial score (nSPS) is 13.8. The first kappa shape index (κ1) is 25.7. The van der Waals surface area contributed by atoms with E-state index in [1.807, 2.05) is 48.5 Å². The summed E-state index contributed by atoms with van der Waals surface area (Å²) in [5, 5.41) is 9.88. The highest BCUT2D eigenvalue weighted by atomic mass is 32.1. The Hall–Kier alpha value is -3.94. The van der Waals surface area contributed by atoms with E-state index in [1.54, 1.807) is 25.3 Å². The van der Waals surface area contributed by atoms with Crippen LogP contribution in [0.4, 0.5) is 0 Å². The third-order valence-corrected chi connectivity index (χ3v) is 7.39. The molecule has 0 amide bonds. The highest BCUT2D eigenvalue weighted by molar-refractivity contribution is 7.20. The maximum absolute atomic E-state index is 11.3. The molecule has 1 aromatic heterocycles. The number of nitrogens with zero attached hydrogens (tertiary/aromatic N) is 1. The van der Waals surface area contributed by atoms with Gasteiger partial charge in [-0.25, -0.2) is 9.78 Å². The van der Waals surface area contributed by atoms with Crippen LogP contribution >= 0.6 is 11.3 Å². The number of fused-ring (bicyclic) bond motifs is 1. The lowest BCUT2D eigenvalue weighted by Crippen LogP contribution is -2.18. The number of aryl methyl sites for hydroxylation is 1. The van der Waals surface area contributed by atoms with Crippen molar-refractivity contribution in [1.29, 1.82) is 0 Å². The van der Waals surface area contributed by atoms with E-state index >= 15 is 0 Å². The van der Waals surface area contributed by atoms with Gasteiger partial charge in [0.2, 0.25) is 0 Å². The second-order valence-corrected chi connectivity index (χ2v) is 10.1. The molecule has 1 heterocycles. The van der Waals surface area contributed by atoms with E-state index in [0.29, 0.717) is 23.3 Å². The molecule has 1 aliphatic rings. The first-order valence-electron chi connectivity index (χ1n) is 12.6. The van der Waals surface area contributed by atoms with Gasteiger partial charge in [0.15, 0.2) is 11.5 Å². The monoisotopic (exact) mass is 527 g/mol. The minimum atomic E-state index is -0.937. The predicted molar refractivity (Wildman–Crippen MR) is 149 cm³/mol. The molecule has 6 nitrogen and oxygen atoms in total. The van der Waals surface area contributed by atoms with Crippen LogP contribution in [0.1, 0.15) is 40.7 Å². The van der Waals surface area contributed by atoms with Crippen LogP contribution in [-0.4, -0.2) is 29.3 Å². The Morgan fingerprint density at radius 2 is 1.95 bits per heavy atom. The van der Waals surface area contributed by atoms with Crippen molar-refractivity contribution in [2.75, 3.05) is 7.11 Å². The average molecular weight is 528 g/mol. The van der Waals surface area contributed by atoms with Gasteiger partial charge in [0.25, 0.3) is 5.19 Å². The number of carbonyl (C=O) groups is 1. The minimum Gasteiger partial charge on any atom is -0.493 e. The standard InChI is InChI=1S/C31H29NO5S/c1-35-28-19-21(15-17-27(28)37-31-32-25-12-5-6-13-29(25)38-31)14-16-26(23-9-3-2-4-10-23)36-20-22-8-7-11-24(18-22)30(33)34/h2-3,5-9,11-13,15,17-19,26H,4,10,14,16,20H2,1H3,(H,33,34). The highest BCUT2D eigenvalue weighted by Crippen LogP contribution is 2.36. The summed E-state index contributed by atoms with van der Waals surface area (Å²) in [7, 11) is 1.64. The molecule has 0 saturated carbocycles. The Morgan fingerprint density at radius 3 is 2.74 bits per heavy atom. The maximum Gasteiger partial charge on any atom is 0.335 e. The lowest BCUT2D eigenvalue weighted by atomic mass is 9.95. The fourth-order valence-corrected chi connectivity index (χ4v) is 5.32. The molecule has 38 heavy (non-hydrogen) atoms. The molecule has 5 rings (SSSR count). The molecule has 0 fully saturated rings. The number of aromatic nitrogens is 1. The summed E-state index contributed by atoms with van der Waals surface area (Å²) in [5.41, 5.74) is 4.40. The number of rotatable bonds is 11. The summed E-state index contributed by atoms with van der Waals surface area (Å²) < 4.78 is 19.1. The second kappa shape index (κ2) is 12.1. The van der Waals surface area contributed by atoms with Gasteiger partial charge in [0, 0.05) is 0 Å². The lowest BCUT2D eigenvalue weighted by molar-refractivity contribution is 0.0567. The number of carboxylic acids is 1. The van der Waals surface area contributed by atoms with Crippen molar-refractivity contribution in [2.24, 2.45) is 0 Å². The SMILES string of the molecule is COc1cc(CCC(OCc2cccc(C(=O)O)c2)C2=CC=CCC2)ccc1Oc1nc2ccccc2s1. The molecule has 0 bridgehead atoms. The Balaban J connectivity index is 1.27. The smallest absolute Gasteiger partial charge is 0.335 e. The molecule has 1 N–H and O–H groups in total. The van der Waals surface area contributed by atoms with Crippen LogP contribution in [-0.2, 0) is 17.8 Å². The Kier molecular flexibility index (Phi) is 8.16. The highest BCUT2D eigenvalue weighted by Gasteiger charge is 2.18. The number of allylic oxidation sites excluding steroid dienone is 3. The first-order chi connectivity index (χ1) is 18.6. The van der Waals surface area contributed by atoms with E-state index in [0.717, 1.165) is 47.0 Å². The quantitative estimate of drug-likeness (QED) is 0.216. The van der Waals surface area contributed by atoms with Crippen molar-refractivity contribution in [1.82, 2.24) is 4.98 Å². The van der Waals surface area contributed by atoms with Crippen molar-refractivity contribution < 1.29 is 24.1 Å². The summed E-state index contributed by atoms with van der Waals surface area (Å²) in [6.45, 7) is 0.352. The minimum absolute atomic E-state index is 0.0712. The van der Waals surface area contributed by atoms with E-state index < -0.39 is 5.97 Å². The fourth-order valence-electron chi connectivity index (χ4n) is 4.49.